The summed E-state index contributed by atoms with van der Waals surface area (Å²) in [5, 5.41) is 12.7. The Hall–Kier alpha value is -3.02. The van der Waals surface area contributed by atoms with Gasteiger partial charge in [-0.15, -0.1) is 0 Å². The van der Waals surface area contributed by atoms with Crippen molar-refractivity contribution < 1.29 is 18.8 Å². The van der Waals surface area contributed by atoms with Crippen molar-refractivity contribution in [3.05, 3.63) is 65.3 Å². The minimum atomic E-state index is -1.33. The summed E-state index contributed by atoms with van der Waals surface area (Å²) in [6, 6.07) is 3.68. The molecule has 0 bridgehead atoms. The van der Waals surface area contributed by atoms with Crippen LogP contribution in [0.2, 0.25) is 0 Å². The van der Waals surface area contributed by atoms with Crippen LogP contribution in [0.1, 0.15) is 37.0 Å². The van der Waals surface area contributed by atoms with Crippen LogP contribution in [0, 0.1) is 5.82 Å². The first-order chi connectivity index (χ1) is 11.3. The van der Waals surface area contributed by atoms with E-state index in [1.54, 1.807) is 0 Å². The highest BCUT2D eigenvalue weighted by atomic mass is 19.1. The predicted octanol–water partition coefficient (Wildman–Crippen LogP) is 4.50. The second-order valence-electron chi connectivity index (χ2n) is 5.27. The quantitative estimate of drug-likeness (QED) is 0.818. The van der Waals surface area contributed by atoms with Gasteiger partial charge in [-0.1, -0.05) is 23.4 Å². The maximum Gasteiger partial charge on any atom is 0.338 e. The highest BCUT2D eigenvalue weighted by molar-refractivity contribution is 5.88. The molecule has 0 aliphatic heterocycles. The summed E-state index contributed by atoms with van der Waals surface area (Å²) in [6.07, 6.45) is 3.69. The molecule has 0 saturated carbocycles. The third kappa shape index (κ3) is 3.65. The molecule has 1 aromatic heterocycles. The lowest BCUT2D eigenvalue weighted by Crippen LogP contribution is -2.00. The van der Waals surface area contributed by atoms with Crippen LogP contribution in [0.15, 0.2) is 52.6 Å². The van der Waals surface area contributed by atoms with Crippen LogP contribution < -0.4 is 0 Å². The fraction of sp³-hybridized carbons (Fsp3) is 0.167. The van der Waals surface area contributed by atoms with Crippen molar-refractivity contribution in [2.75, 3.05) is 0 Å². The molecule has 124 valence electrons. The number of allylic oxidation sites excluding steroid dienone is 5. The molecule has 0 aliphatic rings. The Labute approximate surface area is 138 Å². The number of hydrogen-bond acceptors (Lipinski definition) is 4. The van der Waals surface area contributed by atoms with Gasteiger partial charge in [0.2, 0.25) is 5.82 Å². The van der Waals surface area contributed by atoms with Crippen molar-refractivity contribution in [2.24, 2.45) is 0 Å². The van der Waals surface area contributed by atoms with Crippen LogP contribution in [-0.2, 0) is 0 Å². The third-order valence-corrected chi connectivity index (χ3v) is 3.49. The topological polar surface area (TPSA) is 76.2 Å². The van der Waals surface area contributed by atoms with Crippen LogP contribution in [0.3, 0.4) is 0 Å². The van der Waals surface area contributed by atoms with Crippen LogP contribution in [0.25, 0.3) is 17.0 Å². The number of aromatic carboxylic acids is 1. The van der Waals surface area contributed by atoms with Gasteiger partial charge in [0.05, 0.1) is 5.56 Å². The highest BCUT2D eigenvalue weighted by Crippen LogP contribution is 2.23. The van der Waals surface area contributed by atoms with Gasteiger partial charge in [-0.2, -0.15) is 4.98 Å². The monoisotopic (exact) mass is 328 g/mol. The number of hydrogen-bond donors (Lipinski definition) is 1. The van der Waals surface area contributed by atoms with E-state index in [1.807, 2.05) is 32.9 Å². The Bertz CT molecular complexity index is 863. The molecule has 1 aromatic carbocycles. The van der Waals surface area contributed by atoms with Crippen molar-refractivity contribution in [3.63, 3.8) is 0 Å². The van der Waals surface area contributed by atoms with E-state index in [-0.39, 0.29) is 11.7 Å². The first-order valence-corrected chi connectivity index (χ1v) is 7.21. The van der Waals surface area contributed by atoms with E-state index < -0.39 is 17.3 Å². The molecular formula is C18H17FN2O3. The average Bonchev–Trinajstić information content (AvgIpc) is 3.01. The zero-order valence-corrected chi connectivity index (χ0v) is 13.6. The van der Waals surface area contributed by atoms with Crippen LogP contribution in [-0.4, -0.2) is 21.2 Å². The highest BCUT2D eigenvalue weighted by Gasteiger charge is 2.15. The van der Waals surface area contributed by atoms with Crippen molar-refractivity contribution >= 4 is 11.5 Å². The van der Waals surface area contributed by atoms with Gasteiger partial charge in [0.1, 0.15) is 5.82 Å². The van der Waals surface area contributed by atoms with Crippen molar-refractivity contribution in [3.8, 4) is 11.4 Å². The molecule has 0 unspecified atom stereocenters. The molecule has 2 aromatic rings. The van der Waals surface area contributed by atoms with Gasteiger partial charge in [0.15, 0.2) is 0 Å². The van der Waals surface area contributed by atoms with Gasteiger partial charge in [-0.05, 0) is 50.6 Å². The minimum Gasteiger partial charge on any atom is -0.478 e. The molecule has 1 N–H and O–H groups in total. The van der Waals surface area contributed by atoms with E-state index in [1.165, 1.54) is 12.1 Å². The fourth-order valence-electron chi connectivity index (χ4n) is 1.91. The lowest BCUT2D eigenvalue weighted by atomic mass is 10.1. The lowest BCUT2D eigenvalue weighted by molar-refractivity contribution is 0.0692. The molecule has 0 spiro atoms. The fourth-order valence-corrected chi connectivity index (χ4v) is 1.91. The lowest BCUT2D eigenvalue weighted by Gasteiger charge is -2.00. The SMILES string of the molecule is C=C(C)/C(C)=C\C(=CC)c1nc(-c2ccc(C(=O)O)c(F)c2)no1. The van der Waals surface area contributed by atoms with E-state index in [9.17, 15) is 9.18 Å². The zero-order valence-electron chi connectivity index (χ0n) is 13.6. The molecular weight excluding hydrogens is 311 g/mol. The number of benzene rings is 1. The Morgan fingerprint density at radius 2 is 2.08 bits per heavy atom. The second kappa shape index (κ2) is 7.04. The average molecular weight is 328 g/mol. The van der Waals surface area contributed by atoms with Gasteiger partial charge in [-0.3, -0.25) is 0 Å². The Morgan fingerprint density at radius 3 is 2.62 bits per heavy atom. The van der Waals surface area contributed by atoms with Crippen molar-refractivity contribution in [2.45, 2.75) is 20.8 Å². The van der Waals surface area contributed by atoms with Gasteiger partial charge in [-0.25, -0.2) is 9.18 Å². The second-order valence-corrected chi connectivity index (χ2v) is 5.27. The molecule has 6 heteroatoms. The molecule has 0 saturated heterocycles. The number of rotatable bonds is 5. The first kappa shape index (κ1) is 17.3. The third-order valence-electron chi connectivity index (χ3n) is 3.49. The maximum atomic E-state index is 13.8. The number of carboxylic acid groups (broad SMARTS) is 1. The van der Waals surface area contributed by atoms with E-state index in [2.05, 4.69) is 16.7 Å². The Kier molecular flexibility index (Phi) is 5.08. The van der Waals surface area contributed by atoms with E-state index >= 15 is 0 Å². The standard InChI is InChI=1S/C18H17FN2O3/c1-5-12(8-11(4)10(2)3)17-20-16(21-24-17)13-6-7-14(18(22)23)15(19)9-13/h5-9H,2H2,1,3-4H3,(H,22,23)/b11-8-,12-5?. The van der Waals surface area contributed by atoms with Gasteiger partial charge in [0.25, 0.3) is 5.89 Å². The Morgan fingerprint density at radius 1 is 1.38 bits per heavy atom. The summed E-state index contributed by atoms with van der Waals surface area (Å²) in [6.45, 7) is 9.52. The van der Waals surface area contributed by atoms with Crippen LogP contribution in [0.5, 0.6) is 0 Å². The number of halogens is 1. The molecule has 0 atom stereocenters. The van der Waals surface area contributed by atoms with Crippen molar-refractivity contribution in [1.82, 2.24) is 10.1 Å². The molecule has 1 heterocycles. The number of carboxylic acids is 1. The van der Waals surface area contributed by atoms with E-state index in [0.717, 1.165) is 22.8 Å². The van der Waals surface area contributed by atoms with Crippen molar-refractivity contribution in [1.29, 1.82) is 0 Å². The summed E-state index contributed by atoms with van der Waals surface area (Å²) >= 11 is 0. The molecule has 0 amide bonds. The molecule has 24 heavy (non-hydrogen) atoms. The Balaban J connectivity index is 2.37. The minimum absolute atomic E-state index is 0.182. The summed E-state index contributed by atoms with van der Waals surface area (Å²) in [5.41, 5.74) is 2.54. The molecule has 5 nitrogen and oxygen atoms in total. The number of aromatic nitrogens is 2. The number of nitrogens with zero attached hydrogens (tertiary/aromatic N) is 2. The summed E-state index contributed by atoms with van der Waals surface area (Å²) < 4.78 is 19.0. The van der Waals surface area contributed by atoms with Gasteiger partial charge < -0.3 is 9.63 Å². The smallest absolute Gasteiger partial charge is 0.338 e. The molecule has 0 aliphatic carbocycles. The van der Waals surface area contributed by atoms with Gasteiger partial charge in [0, 0.05) is 11.1 Å². The van der Waals surface area contributed by atoms with Crippen LogP contribution in [0.4, 0.5) is 4.39 Å². The summed E-state index contributed by atoms with van der Waals surface area (Å²) in [5.74, 6) is -1.71. The first-order valence-electron chi connectivity index (χ1n) is 7.21. The van der Waals surface area contributed by atoms with Gasteiger partial charge >= 0.3 is 5.97 Å². The normalized spacial score (nSPS) is 12.3. The zero-order chi connectivity index (χ0) is 17.9. The summed E-state index contributed by atoms with van der Waals surface area (Å²) in [4.78, 5) is 15.1. The van der Waals surface area contributed by atoms with E-state index in [0.29, 0.717) is 5.56 Å². The number of carbonyl (C=O) groups is 1. The molecule has 0 fully saturated rings. The largest absolute Gasteiger partial charge is 0.478 e. The summed E-state index contributed by atoms with van der Waals surface area (Å²) in [7, 11) is 0. The molecule has 0 radical (unpaired) electrons. The maximum absolute atomic E-state index is 13.8. The van der Waals surface area contributed by atoms with E-state index in [4.69, 9.17) is 9.63 Å². The predicted molar refractivity (Wildman–Crippen MR) is 88.9 cm³/mol. The van der Waals surface area contributed by atoms with Crippen LogP contribution >= 0.6 is 0 Å². The molecule has 2 rings (SSSR count).